The van der Waals surface area contributed by atoms with E-state index in [-0.39, 0.29) is 17.1 Å². The molecule has 1 aromatic heterocycles. The number of para-hydroxylation sites is 2. The van der Waals surface area contributed by atoms with Crippen molar-refractivity contribution in [1.29, 1.82) is 0 Å². The zero-order valence-corrected chi connectivity index (χ0v) is 13.1. The second-order valence-electron chi connectivity index (χ2n) is 5.19. The highest BCUT2D eigenvalue weighted by atomic mass is 16.4. The summed E-state index contributed by atoms with van der Waals surface area (Å²) >= 11 is 0. The molecule has 0 amide bonds. The van der Waals surface area contributed by atoms with Crippen LogP contribution in [0.15, 0.2) is 80.9 Å². The minimum absolute atomic E-state index is 0.00620. The van der Waals surface area contributed by atoms with Crippen molar-refractivity contribution in [1.82, 2.24) is 0 Å². The maximum Gasteiger partial charge on any atom is 0.350 e. The minimum atomic E-state index is -0.648. The van der Waals surface area contributed by atoms with Crippen molar-refractivity contribution in [3.63, 3.8) is 0 Å². The van der Waals surface area contributed by atoms with Gasteiger partial charge in [-0.1, -0.05) is 36.4 Å². The Morgan fingerprint density at radius 1 is 1.04 bits per heavy atom. The van der Waals surface area contributed by atoms with Crippen molar-refractivity contribution in [2.24, 2.45) is 4.99 Å². The Bertz CT molecular complexity index is 916. The van der Waals surface area contributed by atoms with Crippen LogP contribution in [0.25, 0.3) is 0 Å². The van der Waals surface area contributed by atoms with Gasteiger partial charge in [-0.2, -0.15) is 0 Å². The van der Waals surface area contributed by atoms with E-state index in [1.54, 1.807) is 19.1 Å². The van der Waals surface area contributed by atoms with Gasteiger partial charge in [-0.25, -0.2) is 9.79 Å². The first-order valence-corrected chi connectivity index (χ1v) is 7.43. The summed E-state index contributed by atoms with van der Waals surface area (Å²) < 4.78 is 5.11. The number of benzene rings is 2. The van der Waals surface area contributed by atoms with Gasteiger partial charge in [0.05, 0.1) is 5.69 Å². The molecule has 1 heterocycles. The highest BCUT2D eigenvalue weighted by molar-refractivity contribution is 6.10. The van der Waals surface area contributed by atoms with Gasteiger partial charge in [0.2, 0.25) is 0 Å². The summed E-state index contributed by atoms with van der Waals surface area (Å²) in [6.45, 7) is 1.60. The fourth-order valence-electron chi connectivity index (χ4n) is 2.25. The van der Waals surface area contributed by atoms with Gasteiger partial charge in [-0.3, -0.25) is 0 Å². The average molecular weight is 320 g/mol. The zero-order valence-electron chi connectivity index (χ0n) is 13.1. The number of hydrogen-bond acceptors (Lipinski definition) is 4. The molecular weight excluding hydrogens is 304 g/mol. The molecule has 3 aromatic rings. The summed E-state index contributed by atoms with van der Waals surface area (Å²) in [6.07, 6.45) is 0. The smallest absolute Gasteiger partial charge is 0.350 e. The van der Waals surface area contributed by atoms with Gasteiger partial charge in [0.15, 0.2) is 0 Å². The van der Waals surface area contributed by atoms with Gasteiger partial charge < -0.3 is 14.8 Å². The first-order valence-electron chi connectivity index (χ1n) is 7.43. The Kier molecular flexibility index (Phi) is 4.43. The maximum atomic E-state index is 12.2. The molecule has 5 nitrogen and oxygen atoms in total. The molecule has 2 aromatic carbocycles. The van der Waals surface area contributed by atoms with Crippen molar-refractivity contribution >= 4 is 17.2 Å². The fraction of sp³-hybridized carbons (Fsp3) is 0.0526. The molecule has 120 valence electrons. The molecule has 0 bridgehead atoms. The van der Waals surface area contributed by atoms with E-state index in [2.05, 4.69) is 10.3 Å². The number of aliphatic imine (C=N–C) groups is 1. The van der Waals surface area contributed by atoms with E-state index >= 15 is 0 Å². The Labute approximate surface area is 138 Å². The quantitative estimate of drug-likeness (QED) is 0.568. The van der Waals surface area contributed by atoms with Crippen molar-refractivity contribution in [3.8, 4) is 5.75 Å². The van der Waals surface area contributed by atoms with Crippen LogP contribution in [0.1, 0.15) is 11.3 Å². The Hall–Kier alpha value is -3.34. The van der Waals surface area contributed by atoms with Crippen LogP contribution in [0.4, 0.5) is 11.4 Å². The number of aryl methyl sites for hydroxylation is 1. The molecule has 0 aliphatic carbocycles. The van der Waals surface area contributed by atoms with E-state index in [1.807, 2.05) is 48.5 Å². The Morgan fingerprint density at radius 3 is 2.29 bits per heavy atom. The topological polar surface area (TPSA) is 74.8 Å². The van der Waals surface area contributed by atoms with Crippen LogP contribution < -0.4 is 10.9 Å². The van der Waals surface area contributed by atoms with Crippen molar-refractivity contribution < 1.29 is 9.52 Å². The van der Waals surface area contributed by atoms with E-state index in [9.17, 15) is 9.90 Å². The molecule has 0 fully saturated rings. The third kappa shape index (κ3) is 3.52. The van der Waals surface area contributed by atoms with Gasteiger partial charge in [-0.15, -0.1) is 0 Å². The monoisotopic (exact) mass is 320 g/mol. The molecule has 3 rings (SSSR count). The summed E-state index contributed by atoms with van der Waals surface area (Å²) in [5.74, 6) is 0.375. The lowest BCUT2D eigenvalue weighted by atomic mass is 10.2. The third-order valence-electron chi connectivity index (χ3n) is 3.32. The molecule has 0 unspecified atom stereocenters. The molecule has 0 aliphatic heterocycles. The molecule has 0 aliphatic rings. The van der Waals surface area contributed by atoms with E-state index in [4.69, 9.17) is 4.42 Å². The molecule has 0 saturated heterocycles. The SMILES string of the molecule is Cc1cc(O)c(C(=Nc2ccccc2)Nc2ccccc2)c(=O)o1. The van der Waals surface area contributed by atoms with Crippen molar-refractivity contribution in [3.05, 3.63) is 88.5 Å². The van der Waals surface area contributed by atoms with E-state index < -0.39 is 5.63 Å². The van der Waals surface area contributed by atoms with E-state index in [0.29, 0.717) is 11.4 Å². The maximum absolute atomic E-state index is 12.2. The largest absolute Gasteiger partial charge is 0.507 e. The van der Waals surface area contributed by atoms with Crippen LogP contribution in [0.5, 0.6) is 5.75 Å². The molecule has 0 radical (unpaired) electrons. The van der Waals surface area contributed by atoms with Gasteiger partial charge in [-0.05, 0) is 31.2 Å². The molecule has 2 N–H and O–H groups in total. The van der Waals surface area contributed by atoms with Crippen LogP contribution in [0, 0.1) is 6.92 Å². The highest BCUT2D eigenvalue weighted by Crippen LogP contribution is 2.20. The number of nitrogens with one attached hydrogen (secondary N) is 1. The number of anilines is 1. The van der Waals surface area contributed by atoms with E-state index in [0.717, 1.165) is 5.69 Å². The number of rotatable bonds is 3. The summed E-state index contributed by atoms with van der Waals surface area (Å²) in [4.78, 5) is 16.7. The lowest BCUT2D eigenvalue weighted by molar-refractivity contribution is 0.432. The molecule has 24 heavy (non-hydrogen) atoms. The molecule has 0 spiro atoms. The van der Waals surface area contributed by atoms with Crippen molar-refractivity contribution in [2.45, 2.75) is 6.92 Å². The lowest BCUT2D eigenvalue weighted by Gasteiger charge is -2.11. The van der Waals surface area contributed by atoms with Crippen LogP contribution in [-0.4, -0.2) is 10.9 Å². The summed E-state index contributed by atoms with van der Waals surface area (Å²) in [6, 6.07) is 19.9. The molecule has 0 saturated carbocycles. The predicted molar refractivity (Wildman–Crippen MR) is 94.1 cm³/mol. The Balaban J connectivity index is 2.12. The molecular formula is C19H16N2O3. The first-order chi connectivity index (χ1) is 11.6. The van der Waals surface area contributed by atoms with Gasteiger partial charge in [0, 0.05) is 11.8 Å². The zero-order chi connectivity index (χ0) is 16.9. The standard InChI is InChI=1S/C19H16N2O3/c1-13-12-16(22)17(19(23)24-13)18(20-14-8-4-2-5-9-14)21-15-10-6-3-7-11-15/h2-12,22H,1H3,(H,20,21). The normalized spacial score (nSPS) is 11.3. The Morgan fingerprint density at radius 2 is 1.67 bits per heavy atom. The summed E-state index contributed by atoms with van der Waals surface area (Å²) in [5, 5.41) is 13.3. The molecule has 0 atom stereocenters. The highest BCUT2D eigenvalue weighted by Gasteiger charge is 2.17. The second-order valence-corrected chi connectivity index (χ2v) is 5.19. The number of amidine groups is 1. The van der Waals surface area contributed by atoms with Gasteiger partial charge in [0.1, 0.15) is 22.9 Å². The number of nitrogens with zero attached hydrogens (tertiary/aromatic N) is 1. The van der Waals surface area contributed by atoms with E-state index in [1.165, 1.54) is 6.07 Å². The summed E-state index contributed by atoms with van der Waals surface area (Å²) in [5.41, 5.74) is 0.737. The fourth-order valence-corrected chi connectivity index (χ4v) is 2.25. The average Bonchev–Trinajstić information content (AvgIpc) is 2.55. The predicted octanol–water partition coefficient (Wildman–Crippen LogP) is 3.84. The summed E-state index contributed by atoms with van der Waals surface area (Å²) in [7, 11) is 0. The second kappa shape index (κ2) is 6.83. The van der Waals surface area contributed by atoms with Crippen molar-refractivity contribution in [2.75, 3.05) is 5.32 Å². The van der Waals surface area contributed by atoms with Crippen LogP contribution in [0.3, 0.4) is 0 Å². The van der Waals surface area contributed by atoms with Gasteiger partial charge in [0.25, 0.3) is 0 Å². The third-order valence-corrected chi connectivity index (χ3v) is 3.32. The molecule has 5 heteroatoms. The minimum Gasteiger partial charge on any atom is -0.507 e. The van der Waals surface area contributed by atoms with Gasteiger partial charge >= 0.3 is 5.63 Å². The lowest BCUT2D eigenvalue weighted by Crippen LogP contribution is -2.22. The van der Waals surface area contributed by atoms with Crippen LogP contribution in [0.2, 0.25) is 0 Å². The van der Waals surface area contributed by atoms with Crippen LogP contribution in [-0.2, 0) is 0 Å². The first kappa shape index (κ1) is 15.6. The number of aromatic hydroxyl groups is 1. The number of hydrogen-bond donors (Lipinski definition) is 2. The van der Waals surface area contributed by atoms with Crippen LogP contribution >= 0.6 is 0 Å².